The monoisotopic (exact) mass is 294 g/mol. The van der Waals surface area contributed by atoms with Gasteiger partial charge in [-0.05, 0) is 39.0 Å². The Labute approximate surface area is 131 Å². The third kappa shape index (κ3) is 2.89. The summed E-state index contributed by atoms with van der Waals surface area (Å²) < 4.78 is 5.51. The molecule has 0 amide bonds. The maximum Gasteiger partial charge on any atom is 0.0594 e. The Morgan fingerprint density at radius 3 is 2.10 bits per heavy atom. The number of rotatable bonds is 2. The average molecular weight is 294 g/mol. The molecule has 0 spiro atoms. The van der Waals surface area contributed by atoms with Crippen molar-refractivity contribution >= 4 is 0 Å². The minimum Gasteiger partial charge on any atom is -0.379 e. The van der Waals surface area contributed by atoms with Gasteiger partial charge in [-0.3, -0.25) is 9.80 Å². The first-order valence-corrected chi connectivity index (χ1v) is 8.72. The zero-order valence-corrected chi connectivity index (χ0v) is 14.9. The second kappa shape index (κ2) is 4.94. The van der Waals surface area contributed by atoms with E-state index in [-0.39, 0.29) is 5.54 Å². The van der Waals surface area contributed by atoms with Crippen molar-refractivity contribution in [1.82, 2.24) is 9.80 Å². The molecule has 2 saturated heterocycles. The van der Waals surface area contributed by atoms with Gasteiger partial charge in [0.2, 0.25) is 0 Å². The first kappa shape index (κ1) is 15.8. The van der Waals surface area contributed by atoms with Crippen LogP contribution >= 0.6 is 0 Å². The van der Waals surface area contributed by atoms with Crippen LogP contribution in [-0.4, -0.2) is 60.3 Å². The van der Waals surface area contributed by atoms with Crippen molar-refractivity contribution in [3.05, 3.63) is 0 Å². The van der Waals surface area contributed by atoms with Crippen molar-refractivity contribution in [1.29, 1.82) is 0 Å². The van der Waals surface area contributed by atoms with Crippen molar-refractivity contribution in [3.63, 3.8) is 0 Å². The highest BCUT2D eigenvalue weighted by atomic mass is 16.5. The maximum absolute atomic E-state index is 5.51. The molecule has 0 radical (unpaired) electrons. The van der Waals surface area contributed by atoms with E-state index in [1.54, 1.807) is 0 Å². The van der Waals surface area contributed by atoms with Crippen LogP contribution in [-0.2, 0) is 4.74 Å². The lowest BCUT2D eigenvalue weighted by molar-refractivity contribution is 0.0274. The molecule has 122 valence electrons. The van der Waals surface area contributed by atoms with Crippen LogP contribution in [0.2, 0.25) is 0 Å². The van der Waals surface area contributed by atoms with E-state index in [0.29, 0.717) is 10.8 Å². The zero-order valence-electron chi connectivity index (χ0n) is 14.9. The molecule has 0 aromatic rings. The van der Waals surface area contributed by atoms with E-state index in [1.165, 1.54) is 19.4 Å². The van der Waals surface area contributed by atoms with E-state index in [4.69, 9.17) is 4.74 Å². The molecule has 0 N–H and O–H groups in total. The summed E-state index contributed by atoms with van der Waals surface area (Å²) >= 11 is 0. The van der Waals surface area contributed by atoms with E-state index >= 15 is 0 Å². The van der Waals surface area contributed by atoms with Crippen molar-refractivity contribution in [2.45, 2.75) is 72.0 Å². The molecule has 2 unspecified atom stereocenters. The normalized spacial score (nSPS) is 38.6. The lowest BCUT2D eigenvalue weighted by atomic mass is 9.80. The minimum atomic E-state index is 0.284. The molecule has 2 heterocycles. The van der Waals surface area contributed by atoms with Crippen molar-refractivity contribution in [2.24, 2.45) is 10.8 Å². The predicted octanol–water partition coefficient (Wildman–Crippen LogP) is 3.00. The topological polar surface area (TPSA) is 15.7 Å². The van der Waals surface area contributed by atoms with Gasteiger partial charge in [0.05, 0.1) is 13.2 Å². The molecule has 3 nitrogen and oxygen atoms in total. The van der Waals surface area contributed by atoms with Gasteiger partial charge < -0.3 is 4.74 Å². The van der Waals surface area contributed by atoms with E-state index < -0.39 is 0 Å². The Hall–Kier alpha value is -0.120. The summed E-state index contributed by atoms with van der Waals surface area (Å²) in [4.78, 5) is 5.50. The number of nitrogens with zero attached hydrogens (tertiary/aromatic N) is 2. The van der Waals surface area contributed by atoms with E-state index in [2.05, 4.69) is 51.3 Å². The number of ether oxygens (including phenoxy) is 1. The Kier molecular flexibility index (Phi) is 3.71. The third-order valence-electron chi connectivity index (χ3n) is 5.83. The smallest absolute Gasteiger partial charge is 0.0594 e. The summed E-state index contributed by atoms with van der Waals surface area (Å²) in [6.45, 7) is 19.9. The molecule has 1 saturated carbocycles. The van der Waals surface area contributed by atoms with Gasteiger partial charge in [-0.2, -0.15) is 0 Å². The molecule has 1 aliphatic carbocycles. The van der Waals surface area contributed by atoms with Crippen LogP contribution in [0.4, 0.5) is 0 Å². The second-order valence-corrected chi connectivity index (χ2v) is 9.63. The quantitative estimate of drug-likeness (QED) is 0.778. The fourth-order valence-corrected chi connectivity index (χ4v) is 4.74. The van der Waals surface area contributed by atoms with Gasteiger partial charge in [-0.25, -0.2) is 0 Å². The summed E-state index contributed by atoms with van der Waals surface area (Å²) in [5.74, 6) is 0. The molecule has 2 aliphatic heterocycles. The largest absolute Gasteiger partial charge is 0.379 e. The fraction of sp³-hybridized carbons (Fsp3) is 1.00. The molecule has 3 aliphatic rings. The Morgan fingerprint density at radius 1 is 1.00 bits per heavy atom. The SMILES string of the molecule is CC(C)(C)[C@@H]1CC2(CN3CCOCC3)CC2N1C(C)(C)C. The molecule has 3 rings (SSSR count). The molecular formula is C18H34N2O. The Morgan fingerprint density at radius 2 is 1.62 bits per heavy atom. The van der Waals surface area contributed by atoms with Crippen LogP contribution in [0.25, 0.3) is 0 Å². The van der Waals surface area contributed by atoms with Gasteiger partial charge in [-0.15, -0.1) is 0 Å². The summed E-state index contributed by atoms with van der Waals surface area (Å²) in [5.41, 5.74) is 1.23. The summed E-state index contributed by atoms with van der Waals surface area (Å²) in [7, 11) is 0. The molecule has 0 aromatic carbocycles. The molecule has 3 fully saturated rings. The van der Waals surface area contributed by atoms with Crippen molar-refractivity contribution in [3.8, 4) is 0 Å². The highest BCUT2D eigenvalue weighted by molar-refractivity contribution is 5.21. The van der Waals surface area contributed by atoms with Gasteiger partial charge in [0, 0.05) is 42.7 Å². The lowest BCUT2D eigenvalue weighted by Gasteiger charge is -2.45. The summed E-state index contributed by atoms with van der Waals surface area (Å²) in [6, 6.07) is 1.53. The second-order valence-electron chi connectivity index (χ2n) is 9.63. The van der Waals surface area contributed by atoms with Crippen LogP contribution < -0.4 is 0 Å². The third-order valence-corrected chi connectivity index (χ3v) is 5.83. The molecule has 0 aromatic heterocycles. The maximum atomic E-state index is 5.51. The van der Waals surface area contributed by atoms with Crippen LogP contribution in [0.1, 0.15) is 54.4 Å². The molecule has 3 heteroatoms. The Bertz CT molecular complexity index is 389. The van der Waals surface area contributed by atoms with Gasteiger partial charge in [0.1, 0.15) is 0 Å². The first-order chi connectivity index (χ1) is 9.63. The van der Waals surface area contributed by atoms with Crippen LogP contribution in [0.15, 0.2) is 0 Å². The molecule has 3 atom stereocenters. The molecule has 21 heavy (non-hydrogen) atoms. The standard InChI is InChI=1S/C18H34N2O/c1-16(2,3)14-11-18(13-19-7-9-21-10-8-19)12-15(18)20(14)17(4,5)6/h14-15H,7-13H2,1-6H3/t14-,15?,18?/m0/s1. The highest BCUT2D eigenvalue weighted by Crippen LogP contribution is 2.64. The zero-order chi connectivity index (χ0) is 15.5. The molecule has 0 bridgehead atoms. The van der Waals surface area contributed by atoms with Crippen LogP contribution in [0, 0.1) is 10.8 Å². The summed E-state index contributed by atoms with van der Waals surface area (Å²) in [6.07, 6.45) is 2.80. The van der Waals surface area contributed by atoms with Gasteiger partial charge in [0.15, 0.2) is 0 Å². The number of hydrogen-bond donors (Lipinski definition) is 0. The van der Waals surface area contributed by atoms with Gasteiger partial charge in [0.25, 0.3) is 0 Å². The number of hydrogen-bond acceptors (Lipinski definition) is 3. The molecular weight excluding hydrogens is 260 g/mol. The average Bonchev–Trinajstić information content (AvgIpc) is 2.91. The van der Waals surface area contributed by atoms with Gasteiger partial charge >= 0.3 is 0 Å². The fourth-order valence-electron chi connectivity index (χ4n) is 4.74. The number of piperidine rings is 1. The number of likely N-dealkylation sites (tertiary alicyclic amines) is 1. The van der Waals surface area contributed by atoms with E-state index in [0.717, 1.165) is 38.4 Å². The minimum absolute atomic E-state index is 0.284. The van der Waals surface area contributed by atoms with Crippen LogP contribution in [0.3, 0.4) is 0 Å². The summed E-state index contributed by atoms with van der Waals surface area (Å²) in [5, 5.41) is 0. The van der Waals surface area contributed by atoms with E-state index in [9.17, 15) is 0 Å². The van der Waals surface area contributed by atoms with E-state index in [1.807, 2.05) is 0 Å². The number of morpholine rings is 1. The van der Waals surface area contributed by atoms with Gasteiger partial charge in [-0.1, -0.05) is 20.8 Å². The number of fused-ring (bicyclic) bond motifs is 1. The highest BCUT2D eigenvalue weighted by Gasteiger charge is 2.67. The lowest BCUT2D eigenvalue weighted by Crippen LogP contribution is -2.51. The predicted molar refractivity (Wildman–Crippen MR) is 87.5 cm³/mol. The Balaban J connectivity index is 1.75. The first-order valence-electron chi connectivity index (χ1n) is 8.72. The van der Waals surface area contributed by atoms with Crippen molar-refractivity contribution < 1.29 is 4.74 Å². The van der Waals surface area contributed by atoms with Crippen LogP contribution in [0.5, 0.6) is 0 Å². The van der Waals surface area contributed by atoms with Crippen molar-refractivity contribution in [2.75, 3.05) is 32.8 Å².